The number of esters is 2. The van der Waals surface area contributed by atoms with Gasteiger partial charge in [-0.15, -0.1) is 0 Å². The second-order valence-corrected chi connectivity index (χ2v) is 6.68. The molecule has 0 saturated heterocycles. The Morgan fingerprint density at radius 3 is 1.77 bits per heavy atom. The van der Waals surface area contributed by atoms with Crippen molar-refractivity contribution in [3.05, 3.63) is 41.0 Å². The van der Waals surface area contributed by atoms with Crippen LogP contribution in [0.2, 0.25) is 0 Å². The molecule has 0 bridgehead atoms. The zero-order valence-electron chi connectivity index (χ0n) is 16.2. The van der Waals surface area contributed by atoms with Crippen LogP contribution in [0.5, 0.6) is 0 Å². The molecule has 2 rings (SSSR count). The summed E-state index contributed by atoms with van der Waals surface area (Å²) < 4.78 is 88.7. The molecule has 0 N–H and O–H groups in total. The smallest absolute Gasteiger partial charge is 0.416 e. The molecule has 0 unspecified atom stereocenters. The Kier molecular flexibility index (Phi) is 7.20. The van der Waals surface area contributed by atoms with E-state index < -0.39 is 47.3 Å². The predicted molar refractivity (Wildman–Crippen MR) is 93.9 cm³/mol. The molecule has 0 saturated carbocycles. The molecule has 0 aliphatic heterocycles. The molecular weight excluding hydrogens is 418 g/mol. The Morgan fingerprint density at radius 2 is 1.33 bits per heavy atom. The molecule has 30 heavy (non-hydrogen) atoms. The number of rotatable bonds is 5. The van der Waals surface area contributed by atoms with E-state index in [1.54, 1.807) is 13.8 Å². The Bertz CT molecular complexity index is 793. The summed E-state index contributed by atoms with van der Waals surface area (Å²) in [6.45, 7) is 3.18. The maximum atomic E-state index is 13.1. The van der Waals surface area contributed by atoms with Crippen molar-refractivity contribution in [3.8, 4) is 0 Å². The van der Waals surface area contributed by atoms with Gasteiger partial charge in [-0.2, -0.15) is 26.3 Å². The van der Waals surface area contributed by atoms with Crippen LogP contribution in [0.3, 0.4) is 0 Å². The van der Waals surface area contributed by atoms with Gasteiger partial charge in [0.15, 0.2) is 0 Å². The molecule has 1 aromatic carbocycles. The summed E-state index contributed by atoms with van der Waals surface area (Å²) in [5.41, 5.74) is -3.11. The predicted octanol–water partition coefficient (Wildman–Crippen LogP) is 5.26. The fourth-order valence-corrected chi connectivity index (χ4v) is 3.28. The van der Waals surface area contributed by atoms with E-state index in [2.05, 4.69) is 0 Å². The Labute approximate surface area is 168 Å². The third-order valence-electron chi connectivity index (χ3n) is 4.68. The fraction of sp³-hybridized carbons (Fsp3) is 0.500. The fourth-order valence-electron chi connectivity index (χ4n) is 3.28. The SMILES string of the molecule is CCOC(=O)[C@@H]1CC=C(c2cc(C(F)(F)F)cc(C(F)(F)F)c2)C[C@H]1C(=O)OCC. The number of benzene rings is 1. The lowest BCUT2D eigenvalue weighted by molar-refractivity contribution is -0.160. The van der Waals surface area contributed by atoms with E-state index in [1.807, 2.05) is 0 Å². The summed E-state index contributed by atoms with van der Waals surface area (Å²) in [4.78, 5) is 24.5. The quantitative estimate of drug-likeness (QED) is 0.465. The van der Waals surface area contributed by atoms with Crippen LogP contribution in [-0.4, -0.2) is 25.2 Å². The highest BCUT2D eigenvalue weighted by Crippen LogP contribution is 2.41. The molecule has 0 fully saturated rings. The highest BCUT2D eigenvalue weighted by atomic mass is 19.4. The van der Waals surface area contributed by atoms with Gasteiger partial charge in [-0.3, -0.25) is 9.59 Å². The summed E-state index contributed by atoms with van der Waals surface area (Å²) >= 11 is 0. The first-order chi connectivity index (χ1) is 13.9. The van der Waals surface area contributed by atoms with Crippen molar-refractivity contribution in [2.75, 3.05) is 13.2 Å². The molecule has 1 aliphatic rings. The molecule has 166 valence electrons. The molecule has 10 heteroatoms. The topological polar surface area (TPSA) is 52.6 Å². The first-order valence-corrected chi connectivity index (χ1v) is 9.20. The first kappa shape index (κ1) is 23.8. The molecule has 4 nitrogen and oxygen atoms in total. The normalized spacial score (nSPS) is 19.8. The van der Waals surface area contributed by atoms with Crippen molar-refractivity contribution in [2.24, 2.45) is 11.8 Å². The molecule has 0 radical (unpaired) electrons. The molecule has 1 aliphatic carbocycles. The Morgan fingerprint density at radius 1 is 0.867 bits per heavy atom. The maximum absolute atomic E-state index is 13.1. The van der Waals surface area contributed by atoms with Crippen LogP contribution < -0.4 is 0 Å². The van der Waals surface area contributed by atoms with Gasteiger partial charge in [0.05, 0.1) is 36.2 Å². The number of ether oxygens (including phenoxy) is 2. The Hall–Kier alpha value is -2.52. The molecule has 0 spiro atoms. The summed E-state index contributed by atoms with van der Waals surface area (Å²) in [5, 5.41) is 0. The number of alkyl halides is 6. The number of hydrogen-bond donors (Lipinski definition) is 0. The van der Waals surface area contributed by atoms with Crippen molar-refractivity contribution in [2.45, 2.75) is 39.0 Å². The molecule has 0 amide bonds. The Balaban J connectivity index is 2.50. The molecule has 0 aromatic heterocycles. The van der Waals surface area contributed by atoms with Crippen molar-refractivity contribution < 1.29 is 45.4 Å². The van der Waals surface area contributed by atoms with E-state index in [1.165, 1.54) is 6.08 Å². The largest absolute Gasteiger partial charge is 0.466 e. The third kappa shape index (κ3) is 5.54. The number of hydrogen-bond acceptors (Lipinski definition) is 4. The lowest BCUT2D eigenvalue weighted by Gasteiger charge is -2.29. The van der Waals surface area contributed by atoms with E-state index in [-0.39, 0.29) is 43.3 Å². The van der Waals surface area contributed by atoms with Crippen molar-refractivity contribution in [1.29, 1.82) is 0 Å². The number of allylic oxidation sites excluding steroid dienone is 2. The second-order valence-electron chi connectivity index (χ2n) is 6.68. The average molecular weight is 438 g/mol. The van der Waals surface area contributed by atoms with E-state index in [4.69, 9.17) is 9.47 Å². The number of carbonyl (C=O) groups excluding carboxylic acids is 2. The van der Waals surface area contributed by atoms with Crippen LogP contribution in [0.4, 0.5) is 26.3 Å². The minimum atomic E-state index is -4.99. The van der Waals surface area contributed by atoms with E-state index in [0.717, 1.165) is 0 Å². The minimum Gasteiger partial charge on any atom is -0.466 e. The third-order valence-corrected chi connectivity index (χ3v) is 4.68. The van der Waals surface area contributed by atoms with E-state index >= 15 is 0 Å². The maximum Gasteiger partial charge on any atom is 0.416 e. The first-order valence-electron chi connectivity index (χ1n) is 9.20. The van der Waals surface area contributed by atoms with E-state index in [0.29, 0.717) is 12.1 Å². The van der Waals surface area contributed by atoms with Gasteiger partial charge >= 0.3 is 24.3 Å². The van der Waals surface area contributed by atoms with Gasteiger partial charge in [-0.05, 0) is 56.0 Å². The highest BCUT2D eigenvalue weighted by molar-refractivity contribution is 5.86. The molecular formula is C20H20F6O4. The van der Waals surface area contributed by atoms with Gasteiger partial charge in [-0.25, -0.2) is 0 Å². The minimum absolute atomic E-state index is 0.00566. The summed E-state index contributed by atoms with van der Waals surface area (Å²) in [5.74, 6) is -3.44. The van der Waals surface area contributed by atoms with Crippen molar-refractivity contribution in [3.63, 3.8) is 0 Å². The highest BCUT2D eigenvalue weighted by Gasteiger charge is 2.40. The van der Waals surface area contributed by atoms with Gasteiger partial charge in [-0.1, -0.05) is 6.08 Å². The molecule has 0 heterocycles. The lowest BCUT2D eigenvalue weighted by atomic mass is 9.77. The summed E-state index contributed by atoms with van der Waals surface area (Å²) in [6, 6.07) is 1.25. The van der Waals surface area contributed by atoms with Gasteiger partial charge < -0.3 is 9.47 Å². The average Bonchev–Trinajstić information content (AvgIpc) is 2.66. The molecule has 1 aromatic rings. The zero-order valence-corrected chi connectivity index (χ0v) is 16.2. The lowest BCUT2D eigenvalue weighted by Crippen LogP contribution is -2.34. The number of carbonyl (C=O) groups is 2. The van der Waals surface area contributed by atoms with E-state index in [9.17, 15) is 35.9 Å². The van der Waals surface area contributed by atoms with Gasteiger partial charge in [0.25, 0.3) is 0 Å². The van der Waals surface area contributed by atoms with Crippen LogP contribution in [0.25, 0.3) is 5.57 Å². The zero-order chi connectivity index (χ0) is 22.7. The monoisotopic (exact) mass is 438 g/mol. The van der Waals surface area contributed by atoms with Crippen LogP contribution >= 0.6 is 0 Å². The summed E-state index contributed by atoms with van der Waals surface area (Å²) in [7, 11) is 0. The van der Waals surface area contributed by atoms with Gasteiger partial charge in [0.1, 0.15) is 0 Å². The standard InChI is InChI=1S/C20H20F6O4/c1-3-29-17(27)15-6-5-11(9-16(15)18(28)30-4-2)12-7-13(19(21,22)23)10-14(8-12)20(24,25)26/h5,7-8,10,15-16H,3-4,6,9H2,1-2H3/t15-,16-/m1/s1. The molecule has 2 atom stereocenters. The number of halogens is 6. The van der Waals surface area contributed by atoms with Crippen LogP contribution in [0, 0.1) is 11.8 Å². The van der Waals surface area contributed by atoms with Gasteiger partial charge in [0, 0.05) is 0 Å². The van der Waals surface area contributed by atoms with Crippen LogP contribution in [0.15, 0.2) is 24.3 Å². The van der Waals surface area contributed by atoms with Crippen LogP contribution in [0.1, 0.15) is 43.4 Å². The van der Waals surface area contributed by atoms with Crippen LogP contribution in [-0.2, 0) is 31.4 Å². The van der Waals surface area contributed by atoms with Crippen molar-refractivity contribution >= 4 is 17.5 Å². The van der Waals surface area contributed by atoms with Gasteiger partial charge in [0.2, 0.25) is 0 Å². The summed E-state index contributed by atoms with van der Waals surface area (Å²) in [6.07, 6.45) is -8.93. The second kappa shape index (κ2) is 9.09. The van der Waals surface area contributed by atoms with Crippen molar-refractivity contribution in [1.82, 2.24) is 0 Å².